The number of rotatable bonds is 3. The van der Waals surface area contributed by atoms with Gasteiger partial charge in [-0.1, -0.05) is 18.2 Å². The first-order valence-electron chi connectivity index (χ1n) is 6.07. The summed E-state index contributed by atoms with van der Waals surface area (Å²) in [5, 5.41) is 11.1. The minimum atomic E-state index is -0.629. The number of hydrogen-bond donors (Lipinski definition) is 0. The molecule has 0 saturated carbocycles. The summed E-state index contributed by atoms with van der Waals surface area (Å²) >= 11 is 0. The maximum absolute atomic E-state index is 11.8. The van der Waals surface area contributed by atoms with E-state index in [2.05, 4.69) is 0 Å². The van der Waals surface area contributed by atoms with Crippen LogP contribution in [0.25, 0.3) is 0 Å². The molecule has 0 fully saturated rings. The fourth-order valence-electron chi connectivity index (χ4n) is 2.49. The molecule has 1 aliphatic rings. The molecule has 0 bridgehead atoms. The molecule has 0 aromatic heterocycles. The summed E-state index contributed by atoms with van der Waals surface area (Å²) in [6, 6.07) is 6.13. The van der Waals surface area contributed by atoms with Gasteiger partial charge in [0.15, 0.2) is 5.78 Å². The fourth-order valence-corrected chi connectivity index (χ4v) is 2.49. The number of ether oxygens (including phenoxy) is 1. The summed E-state index contributed by atoms with van der Waals surface area (Å²) in [6.07, 6.45) is -0.0723. The van der Waals surface area contributed by atoms with Crippen molar-refractivity contribution in [2.45, 2.75) is 26.2 Å². The van der Waals surface area contributed by atoms with Crippen molar-refractivity contribution in [2.24, 2.45) is 0 Å². The van der Waals surface area contributed by atoms with Gasteiger partial charge in [0.1, 0.15) is 5.76 Å². The van der Waals surface area contributed by atoms with Crippen LogP contribution in [-0.2, 0) is 14.3 Å². The number of carbonyl (C=O) groups is 2. The van der Waals surface area contributed by atoms with Gasteiger partial charge in [-0.25, -0.2) is 0 Å². The van der Waals surface area contributed by atoms with Crippen molar-refractivity contribution in [3.8, 4) is 0 Å². The smallest absolute Gasteiger partial charge is 0.311 e. The zero-order valence-corrected chi connectivity index (χ0v) is 11.1. The Hall–Kier alpha value is -2.50. The molecule has 1 atom stereocenters. The Morgan fingerprint density at radius 2 is 2.05 bits per heavy atom. The number of benzene rings is 1. The van der Waals surface area contributed by atoms with Crippen LogP contribution in [0, 0.1) is 10.1 Å². The van der Waals surface area contributed by atoms with Crippen LogP contribution in [0.1, 0.15) is 31.7 Å². The predicted octanol–water partition coefficient (Wildman–Crippen LogP) is 2.49. The van der Waals surface area contributed by atoms with Gasteiger partial charge in [0.25, 0.3) is 5.69 Å². The van der Waals surface area contributed by atoms with Gasteiger partial charge in [0.2, 0.25) is 0 Å². The van der Waals surface area contributed by atoms with E-state index in [1.807, 2.05) is 0 Å². The molecule has 1 aromatic rings. The van der Waals surface area contributed by atoms with Gasteiger partial charge in [-0.05, 0) is 13.8 Å². The first-order valence-corrected chi connectivity index (χ1v) is 6.07. The lowest BCUT2D eigenvalue weighted by Crippen LogP contribution is -2.23. The number of cyclic esters (lactones) is 1. The third-order valence-electron chi connectivity index (χ3n) is 3.25. The second-order valence-corrected chi connectivity index (χ2v) is 4.57. The first kappa shape index (κ1) is 13.9. The number of allylic oxidation sites excluding steroid dienone is 2. The summed E-state index contributed by atoms with van der Waals surface area (Å²) in [5.74, 6) is -1.15. The van der Waals surface area contributed by atoms with Gasteiger partial charge in [0, 0.05) is 23.1 Å². The Bertz CT molecular complexity index is 632. The van der Waals surface area contributed by atoms with E-state index in [-0.39, 0.29) is 23.7 Å². The summed E-state index contributed by atoms with van der Waals surface area (Å²) in [5.41, 5.74) is 0.580. The molecule has 0 aliphatic carbocycles. The van der Waals surface area contributed by atoms with E-state index < -0.39 is 16.8 Å². The highest BCUT2D eigenvalue weighted by Gasteiger charge is 2.35. The second kappa shape index (κ2) is 5.24. The highest BCUT2D eigenvalue weighted by atomic mass is 16.6. The Morgan fingerprint density at radius 1 is 1.40 bits per heavy atom. The number of nitrogens with zero attached hydrogens (tertiary/aromatic N) is 1. The largest absolute Gasteiger partial charge is 0.431 e. The van der Waals surface area contributed by atoms with E-state index in [1.54, 1.807) is 18.2 Å². The van der Waals surface area contributed by atoms with Crippen LogP contribution in [0.15, 0.2) is 35.6 Å². The monoisotopic (exact) mass is 275 g/mol. The van der Waals surface area contributed by atoms with Crippen molar-refractivity contribution in [1.82, 2.24) is 0 Å². The molecule has 6 heteroatoms. The van der Waals surface area contributed by atoms with E-state index in [0.717, 1.165) is 0 Å². The molecule has 0 saturated heterocycles. The lowest BCUT2D eigenvalue weighted by atomic mass is 9.83. The van der Waals surface area contributed by atoms with E-state index in [4.69, 9.17) is 4.74 Å². The highest BCUT2D eigenvalue weighted by Crippen LogP contribution is 2.39. The quantitative estimate of drug-likeness (QED) is 0.480. The predicted molar refractivity (Wildman–Crippen MR) is 69.9 cm³/mol. The van der Waals surface area contributed by atoms with Crippen LogP contribution in [-0.4, -0.2) is 16.7 Å². The third kappa shape index (κ3) is 2.45. The van der Waals surface area contributed by atoms with Crippen molar-refractivity contribution >= 4 is 17.4 Å². The summed E-state index contributed by atoms with van der Waals surface area (Å²) in [7, 11) is 0. The molecule has 0 N–H and O–H groups in total. The van der Waals surface area contributed by atoms with Crippen LogP contribution in [0.5, 0.6) is 0 Å². The van der Waals surface area contributed by atoms with E-state index in [0.29, 0.717) is 11.1 Å². The highest BCUT2D eigenvalue weighted by molar-refractivity contribution is 5.97. The van der Waals surface area contributed by atoms with E-state index >= 15 is 0 Å². The summed E-state index contributed by atoms with van der Waals surface area (Å²) in [4.78, 5) is 33.9. The number of nitro benzene ring substituents is 1. The van der Waals surface area contributed by atoms with Crippen molar-refractivity contribution in [2.75, 3.05) is 0 Å². The number of esters is 1. The molecule has 20 heavy (non-hydrogen) atoms. The minimum absolute atomic E-state index is 0.0723. The van der Waals surface area contributed by atoms with Gasteiger partial charge < -0.3 is 4.74 Å². The second-order valence-electron chi connectivity index (χ2n) is 4.57. The van der Waals surface area contributed by atoms with Gasteiger partial charge in [-0.15, -0.1) is 0 Å². The maximum atomic E-state index is 11.8. The number of carbonyl (C=O) groups excluding carboxylic acids is 2. The lowest BCUT2D eigenvalue weighted by molar-refractivity contribution is -0.385. The summed E-state index contributed by atoms with van der Waals surface area (Å²) < 4.78 is 4.96. The van der Waals surface area contributed by atoms with Crippen molar-refractivity contribution in [1.29, 1.82) is 0 Å². The van der Waals surface area contributed by atoms with Gasteiger partial charge in [0.05, 0.1) is 11.3 Å². The van der Waals surface area contributed by atoms with Crippen LogP contribution < -0.4 is 0 Å². The average molecular weight is 275 g/mol. The average Bonchev–Trinajstić information content (AvgIpc) is 2.37. The molecule has 0 radical (unpaired) electrons. The Balaban J connectivity index is 2.61. The van der Waals surface area contributed by atoms with Crippen molar-refractivity contribution in [3.63, 3.8) is 0 Å². The zero-order valence-electron chi connectivity index (χ0n) is 11.1. The normalized spacial score (nSPS) is 18.7. The third-order valence-corrected chi connectivity index (χ3v) is 3.25. The molecule has 1 heterocycles. The molecular weight excluding hydrogens is 262 g/mol. The number of hydrogen-bond acceptors (Lipinski definition) is 5. The number of nitro groups is 1. The molecule has 1 aliphatic heterocycles. The van der Waals surface area contributed by atoms with Gasteiger partial charge >= 0.3 is 5.97 Å². The molecular formula is C14H13NO5. The van der Waals surface area contributed by atoms with Crippen LogP contribution in [0.2, 0.25) is 0 Å². The lowest BCUT2D eigenvalue weighted by Gasteiger charge is -2.24. The van der Waals surface area contributed by atoms with Gasteiger partial charge in [-0.3, -0.25) is 19.7 Å². The Morgan fingerprint density at radius 3 is 2.65 bits per heavy atom. The first-order chi connectivity index (χ1) is 9.41. The SMILES string of the molecule is CC(=O)C1=C(C)OC(=O)CC1c1ccccc1[N+](=O)[O-]. The zero-order chi connectivity index (χ0) is 14.9. The standard InChI is InChI=1S/C14H13NO5/c1-8(16)14-9(2)20-13(17)7-11(14)10-5-3-4-6-12(10)15(18)19/h3-6,11H,7H2,1-2H3. The van der Waals surface area contributed by atoms with Crippen LogP contribution in [0.3, 0.4) is 0 Å². The topological polar surface area (TPSA) is 86.5 Å². The van der Waals surface area contributed by atoms with Gasteiger partial charge in [-0.2, -0.15) is 0 Å². The number of Topliss-reactive ketones (excluding diaryl/α,β-unsaturated/α-hetero) is 1. The van der Waals surface area contributed by atoms with Crippen LogP contribution >= 0.6 is 0 Å². The molecule has 1 aromatic carbocycles. The molecule has 0 spiro atoms. The number of para-hydroxylation sites is 1. The Kier molecular flexibility index (Phi) is 3.65. The summed E-state index contributed by atoms with van der Waals surface area (Å²) in [6.45, 7) is 2.88. The Labute approximate surface area is 115 Å². The fraction of sp³-hybridized carbons (Fsp3) is 0.286. The number of ketones is 1. The van der Waals surface area contributed by atoms with E-state index in [1.165, 1.54) is 19.9 Å². The maximum Gasteiger partial charge on any atom is 0.311 e. The van der Waals surface area contributed by atoms with E-state index in [9.17, 15) is 19.7 Å². The van der Waals surface area contributed by atoms with Crippen LogP contribution in [0.4, 0.5) is 5.69 Å². The molecule has 6 nitrogen and oxygen atoms in total. The minimum Gasteiger partial charge on any atom is -0.431 e. The molecule has 0 amide bonds. The molecule has 1 unspecified atom stereocenters. The molecule has 104 valence electrons. The molecule has 2 rings (SSSR count). The van der Waals surface area contributed by atoms with Crippen molar-refractivity contribution in [3.05, 3.63) is 51.3 Å². The van der Waals surface area contributed by atoms with Crippen molar-refractivity contribution < 1.29 is 19.2 Å².